The minimum Gasteiger partial charge on any atom is -0.322 e. The lowest BCUT2D eigenvalue weighted by Gasteiger charge is -2.27. The highest BCUT2D eigenvalue weighted by atomic mass is 79.9. The molecule has 0 spiro atoms. The van der Waals surface area contributed by atoms with Gasteiger partial charge in [-0.25, -0.2) is 0 Å². The van der Waals surface area contributed by atoms with Crippen LogP contribution < -0.4 is 5.32 Å². The van der Waals surface area contributed by atoms with E-state index >= 15 is 0 Å². The van der Waals surface area contributed by atoms with Crippen molar-refractivity contribution in [1.82, 2.24) is 4.90 Å². The van der Waals surface area contributed by atoms with E-state index in [1.54, 1.807) is 0 Å². The Balaban J connectivity index is 1.73. The number of para-hydroxylation sites is 1. The van der Waals surface area contributed by atoms with Gasteiger partial charge in [0.15, 0.2) is 0 Å². The average Bonchev–Trinajstić information content (AvgIpc) is 2.57. The van der Waals surface area contributed by atoms with E-state index in [9.17, 15) is 4.79 Å². The highest BCUT2D eigenvalue weighted by Crippen LogP contribution is 2.21. The van der Waals surface area contributed by atoms with Crippen LogP contribution in [-0.4, -0.2) is 35.4 Å². The Morgan fingerprint density at radius 2 is 1.91 bits per heavy atom. The van der Waals surface area contributed by atoms with Gasteiger partial charge in [-0.2, -0.15) is 11.8 Å². The summed E-state index contributed by atoms with van der Waals surface area (Å²) in [4.78, 5) is 14.9. The number of carbonyl (C=O) groups excluding carboxylic acids is 1. The van der Waals surface area contributed by atoms with E-state index in [4.69, 9.17) is 0 Å². The molecule has 3 nitrogen and oxygen atoms in total. The number of halogens is 1. The van der Waals surface area contributed by atoms with Gasteiger partial charge in [0, 0.05) is 46.9 Å². The largest absolute Gasteiger partial charge is 0.322 e. The molecule has 5 heteroatoms. The van der Waals surface area contributed by atoms with Crippen LogP contribution in [-0.2, 0) is 6.54 Å². The van der Waals surface area contributed by atoms with Gasteiger partial charge in [0.1, 0.15) is 0 Å². The molecule has 1 N–H and O–H groups in total. The molecule has 0 aromatic heterocycles. The van der Waals surface area contributed by atoms with E-state index < -0.39 is 0 Å². The maximum absolute atomic E-state index is 12.5. The van der Waals surface area contributed by atoms with E-state index in [1.807, 2.05) is 54.2 Å². The van der Waals surface area contributed by atoms with Gasteiger partial charge in [0.2, 0.25) is 0 Å². The van der Waals surface area contributed by atoms with Crippen molar-refractivity contribution in [3.8, 4) is 0 Å². The SMILES string of the molecule is O=C(Nc1ccccc1CN1CCSCC1)c1cccc(Br)c1. The van der Waals surface area contributed by atoms with Crippen molar-refractivity contribution in [3.05, 3.63) is 64.1 Å². The lowest BCUT2D eigenvalue weighted by atomic mass is 10.1. The van der Waals surface area contributed by atoms with Crippen LogP contribution in [0.5, 0.6) is 0 Å². The minimum atomic E-state index is -0.0760. The third-order valence-electron chi connectivity index (χ3n) is 3.85. The van der Waals surface area contributed by atoms with Crippen LogP contribution in [0.15, 0.2) is 53.0 Å². The lowest BCUT2D eigenvalue weighted by Crippen LogP contribution is -2.32. The zero-order chi connectivity index (χ0) is 16.1. The summed E-state index contributed by atoms with van der Waals surface area (Å²) >= 11 is 5.41. The van der Waals surface area contributed by atoms with Crippen LogP contribution in [0.3, 0.4) is 0 Å². The summed E-state index contributed by atoms with van der Waals surface area (Å²) in [6.45, 7) is 3.10. The van der Waals surface area contributed by atoms with E-state index in [2.05, 4.69) is 32.2 Å². The topological polar surface area (TPSA) is 32.3 Å². The number of thioether (sulfide) groups is 1. The Morgan fingerprint density at radius 3 is 2.70 bits per heavy atom. The highest BCUT2D eigenvalue weighted by molar-refractivity contribution is 9.10. The van der Waals surface area contributed by atoms with Crippen LogP contribution in [0, 0.1) is 0 Å². The number of nitrogens with one attached hydrogen (secondary N) is 1. The number of hydrogen-bond acceptors (Lipinski definition) is 3. The van der Waals surface area contributed by atoms with Crippen LogP contribution in [0.4, 0.5) is 5.69 Å². The summed E-state index contributed by atoms with van der Waals surface area (Å²) in [6, 6.07) is 15.5. The Bertz CT molecular complexity index is 686. The Hall–Kier alpha value is -1.30. The van der Waals surface area contributed by atoms with Gasteiger partial charge in [0.25, 0.3) is 5.91 Å². The molecule has 1 saturated heterocycles. The normalized spacial score (nSPS) is 15.3. The summed E-state index contributed by atoms with van der Waals surface area (Å²) in [5, 5.41) is 3.05. The fraction of sp³-hybridized carbons (Fsp3) is 0.278. The van der Waals surface area contributed by atoms with Gasteiger partial charge < -0.3 is 5.32 Å². The first-order chi connectivity index (χ1) is 11.2. The van der Waals surface area contributed by atoms with Gasteiger partial charge in [0.05, 0.1) is 0 Å². The summed E-state index contributed by atoms with van der Waals surface area (Å²) in [7, 11) is 0. The van der Waals surface area contributed by atoms with Gasteiger partial charge in [-0.3, -0.25) is 9.69 Å². The first kappa shape index (κ1) is 16.6. The van der Waals surface area contributed by atoms with E-state index in [-0.39, 0.29) is 5.91 Å². The monoisotopic (exact) mass is 390 g/mol. The van der Waals surface area contributed by atoms with Crippen LogP contribution in [0.1, 0.15) is 15.9 Å². The fourth-order valence-electron chi connectivity index (χ4n) is 2.60. The third kappa shape index (κ3) is 4.59. The minimum absolute atomic E-state index is 0.0760. The second-order valence-electron chi connectivity index (χ2n) is 5.51. The molecule has 0 bridgehead atoms. The first-order valence-electron chi connectivity index (χ1n) is 7.67. The fourth-order valence-corrected chi connectivity index (χ4v) is 3.98. The lowest BCUT2D eigenvalue weighted by molar-refractivity contribution is 0.102. The molecule has 1 heterocycles. The molecule has 23 heavy (non-hydrogen) atoms. The highest BCUT2D eigenvalue weighted by Gasteiger charge is 2.14. The maximum Gasteiger partial charge on any atom is 0.255 e. The van der Waals surface area contributed by atoms with Crippen molar-refractivity contribution in [2.24, 2.45) is 0 Å². The molecule has 1 aliphatic rings. The van der Waals surface area contributed by atoms with Gasteiger partial charge in [-0.1, -0.05) is 40.2 Å². The van der Waals surface area contributed by atoms with Crippen molar-refractivity contribution in [2.45, 2.75) is 6.54 Å². The van der Waals surface area contributed by atoms with Gasteiger partial charge >= 0.3 is 0 Å². The molecule has 1 aliphatic heterocycles. The summed E-state index contributed by atoms with van der Waals surface area (Å²) < 4.78 is 0.907. The first-order valence-corrected chi connectivity index (χ1v) is 9.62. The average molecular weight is 391 g/mol. The molecule has 0 aliphatic carbocycles. The van der Waals surface area contributed by atoms with Crippen molar-refractivity contribution < 1.29 is 4.79 Å². The van der Waals surface area contributed by atoms with Gasteiger partial charge in [-0.05, 0) is 29.8 Å². The summed E-state index contributed by atoms with van der Waals surface area (Å²) in [5.74, 6) is 2.30. The number of benzene rings is 2. The maximum atomic E-state index is 12.5. The van der Waals surface area contributed by atoms with Crippen LogP contribution in [0.2, 0.25) is 0 Å². The molecule has 0 unspecified atom stereocenters. The Labute approximate surface area is 149 Å². The Kier molecular flexibility index (Phi) is 5.75. The molecule has 3 rings (SSSR count). The second-order valence-corrected chi connectivity index (χ2v) is 7.65. The van der Waals surface area contributed by atoms with Crippen molar-refractivity contribution in [1.29, 1.82) is 0 Å². The smallest absolute Gasteiger partial charge is 0.255 e. The van der Waals surface area contributed by atoms with E-state index in [0.29, 0.717) is 5.56 Å². The number of carbonyl (C=O) groups is 1. The van der Waals surface area contributed by atoms with Crippen molar-refractivity contribution in [2.75, 3.05) is 29.9 Å². The van der Waals surface area contributed by atoms with Gasteiger partial charge in [-0.15, -0.1) is 0 Å². The van der Waals surface area contributed by atoms with Crippen LogP contribution in [0.25, 0.3) is 0 Å². The number of amides is 1. The molecule has 1 fully saturated rings. The summed E-state index contributed by atoms with van der Waals surface area (Å²) in [5.41, 5.74) is 2.72. The number of anilines is 1. The Morgan fingerprint density at radius 1 is 1.13 bits per heavy atom. The molecule has 1 amide bonds. The predicted octanol–water partition coefficient (Wildman–Crippen LogP) is 4.25. The molecule has 0 radical (unpaired) electrons. The molecule has 120 valence electrons. The molecule has 2 aromatic carbocycles. The molecular weight excluding hydrogens is 372 g/mol. The molecular formula is C18H19BrN2OS. The molecule has 2 aromatic rings. The standard InChI is InChI=1S/C18H19BrN2OS/c19-16-6-3-5-14(12-16)18(22)20-17-7-2-1-4-15(17)13-21-8-10-23-11-9-21/h1-7,12H,8-11,13H2,(H,20,22). The number of hydrogen-bond donors (Lipinski definition) is 1. The van der Waals surface area contributed by atoms with E-state index in [1.165, 1.54) is 17.1 Å². The molecule has 0 atom stereocenters. The van der Waals surface area contributed by atoms with Crippen LogP contribution >= 0.6 is 27.7 Å². The second kappa shape index (κ2) is 7.99. The molecule has 0 saturated carbocycles. The predicted molar refractivity (Wildman–Crippen MR) is 101 cm³/mol. The zero-order valence-corrected chi connectivity index (χ0v) is 15.2. The zero-order valence-electron chi connectivity index (χ0n) is 12.8. The van der Waals surface area contributed by atoms with Crippen molar-refractivity contribution >= 4 is 39.3 Å². The number of nitrogens with zero attached hydrogens (tertiary/aromatic N) is 1. The summed E-state index contributed by atoms with van der Waals surface area (Å²) in [6.07, 6.45) is 0. The van der Waals surface area contributed by atoms with E-state index in [0.717, 1.165) is 29.8 Å². The van der Waals surface area contributed by atoms with Crippen molar-refractivity contribution in [3.63, 3.8) is 0 Å². The number of rotatable bonds is 4. The third-order valence-corrected chi connectivity index (χ3v) is 5.29. The quantitative estimate of drug-likeness (QED) is 0.846.